The first-order valence-corrected chi connectivity index (χ1v) is 15.4. The Hall–Kier alpha value is -1.12. The van der Waals surface area contributed by atoms with E-state index in [0.717, 1.165) is 25.9 Å². The van der Waals surface area contributed by atoms with E-state index in [4.69, 9.17) is 4.74 Å². The van der Waals surface area contributed by atoms with Gasteiger partial charge in [-0.25, -0.2) is 0 Å². The number of fused-ring (bicyclic) bond motifs is 3. The molecule has 2 bridgehead atoms. The van der Waals surface area contributed by atoms with Crippen LogP contribution in [0, 0.1) is 67.5 Å². The SMILES string of the molecule is CC(C)(CO)NC(=O)C(C)(C)C1CC[C@]2(C)C(CCC3C4[C@H]5OCC4(CC[C@]32C)CC5(C)C)[C@@]1(C)CC#N. The van der Waals surface area contributed by atoms with Gasteiger partial charge in [-0.15, -0.1) is 0 Å². The van der Waals surface area contributed by atoms with Crippen molar-refractivity contribution in [3.05, 3.63) is 0 Å². The summed E-state index contributed by atoms with van der Waals surface area (Å²) in [4.78, 5) is 13.7. The molecule has 1 aliphatic heterocycles. The van der Waals surface area contributed by atoms with E-state index < -0.39 is 11.0 Å². The minimum absolute atomic E-state index is 0.00395. The number of hydrogen-bond acceptors (Lipinski definition) is 4. The molecule has 5 aliphatic rings. The van der Waals surface area contributed by atoms with E-state index in [2.05, 4.69) is 59.9 Å². The van der Waals surface area contributed by atoms with Crippen LogP contribution < -0.4 is 5.32 Å². The van der Waals surface area contributed by atoms with Crippen LogP contribution in [0.4, 0.5) is 0 Å². The molecule has 38 heavy (non-hydrogen) atoms. The Morgan fingerprint density at radius 2 is 1.71 bits per heavy atom. The van der Waals surface area contributed by atoms with Crippen LogP contribution in [0.15, 0.2) is 0 Å². The number of aliphatic hydroxyl groups is 1. The van der Waals surface area contributed by atoms with Crippen molar-refractivity contribution in [2.24, 2.45) is 56.2 Å². The van der Waals surface area contributed by atoms with Crippen molar-refractivity contribution >= 4 is 5.91 Å². The van der Waals surface area contributed by atoms with E-state index in [0.29, 0.717) is 35.7 Å². The highest BCUT2D eigenvalue weighted by Crippen LogP contribution is 2.78. The number of amides is 1. The summed E-state index contributed by atoms with van der Waals surface area (Å²) < 4.78 is 6.58. The first-order valence-electron chi connectivity index (χ1n) is 15.4. The quantitative estimate of drug-likeness (QED) is 0.429. The lowest BCUT2D eigenvalue weighted by Gasteiger charge is -2.70. The van der Waals surface area contributed by atoms with Crippen LogP contribution in [0.5, 0.6) is 0 Å². The molecule has 0 aromatic carbocycles. The highest BCUT2D eigenvalue weighted by Gasteiger charge is 2.74. The summed E-state index contributed by atoms with van der Waals surface area (Å²) in [6, 6.07) is 2.59. The zero-order valence-electron chi connectivity index (χ0n) is 25.7. The van der Waals surface area contributed by atoms with Crippen LogP contribution in [0.2, 0.25) is 0 Å². The molecule has 4 saturated carbocycles. The second-order valence-corrected chi connectivity index (χ2v) is 17.0. The monoisotopic (exact) mass is 526 g/mol. The fourth-order valence-electron chi connectivity index (χ4n) is 11.8. The van der Waals surface area contributed by atoms with Crippen LogP contribution in [-0.2, 0) is 9.53 Å². The maximum Gasteiger partial charge on any atom is 0.226 e. The number of nitriles is 1. The highest BCUT2D eigenvalue weighted by molar-refractivity contribution is 5.83. The summed E-state index contributed by atoms with van der Waals surface area (Å²) in [5, 5.41) is 23.1. The molecular weight excluding hydrogens is 472 g/mol. The summed E-state index contributed by atoms with van der Waals surface area (Å²) in [5.41, 5.74) is -0.530. The third kappa shape index (κ3) is 3.57. The second-order valence-electron chi connectivity index (χ2n) is 17.0. The molecule has 2 N–H and O–H groups in total. The summed E-state index contributed by atoms with van der Waals surface area (Å²) in [6.45, 7) is 21.1. The van der Waals surface area contributed by atoms with Crippen molar-refractivity contribution < 1.29 is 14.6 Å². The van der Waals surface area contributed by atoms with Crippen molar-refractivity contribution in [2.75, 3.05) is 13.2 Å². The van der Waals surface area contributed by atoms with Crippen LogP contribution in [0.25, 0.3) is 0 Å². The zero-order chi connectivity index (χ0) is 28.2. The third-order valence-corrected chi connectivity index (χ3v) is 13.7. The molecule has 5 heteroatoms. The van der Waals surface area contributed by atoms with Gasteiger partial charge in [-0.05, 0) is 110 Å². The molecule has 0 aromatic rings. The van der Waals surface area contributed by atoms with Crippen molar-refractivity contribution in [3.8, 4) is 6.07 Å². The number of ether oxygens (including phenoxy) is 1. The summed E-state index contributed by atoms with van der Waals surface area (Å²) in [7, 11) is 0. The number of carbonyl (C=O) groups is 1. The highest BCUT2D eigenvalue weighted by atomic mass is 16.5. The van der Waals surface area contributed by atoms with Gasteiger partial charge in [-0.2, -0.15) is 5.26 Å². The number of rotatable bonds is 5. The van der Waals surface area contributed by atoms with E-state index in [1.807, 2.05) is 13.8 Å². The third-order valence-electron chi connectivity index (χ3n) is 13.7. The molecule has 214 valence electrons. The Bertz CT molecular complexity index is 1030. The van der Waals surface area contributed by atoms with Crippen molar-refractivity contribution in [1.82, 2.24) is 5.32 Å². The summed E-state index contributed by atoms with van der Waals surface area (Å²) >= 11 is 0. The lowest BCUT2D eigenvalue weighted by Crippen LogP contribution is -2.65. The molecule has 1 heterocycles. The van der Waals surface area contributed by atoms with E-state index in [-0.39, 0.29) is 40.1 Å². The molecule has 4 aliphatic carbocycles. The molecule has 1 amide bonds. The van der Waals surface area contributed by atoms with E-state index in [9.17, 15) is 15.2 Å². The minimum Gasteiger partial charge on any atom is -0.394 e. The van der Waals surface area contributed by atoms with Crippen molar-refractivity contribution in [3.63, 3.8) is 0 Å². The number of nitrogens with one attached hydrogen (secondary N) is 1. The molecule has 5 unspecified atom stereocenters. The van der Waals surface area contributed by atoms with Gasteiger partial charge in [-0.3, -0.25) is 4.79 Å². The Labute approximate surface area is 231 Å². The number of aliphatic hydroxyl groups excluding tert-OH is 1. The standard InChI is InChI=1S/C33H54N2O3/c1-27(2)18-33-15-14-31(8)21(24(33)25(27)38-20-33)10-11-23-30(7,16-17-34)22(12-13-32(23,31)9)29(5,6)26(37)35-28(3,4)19-36/h21-25,36H,10-16,18-20H2,1-9H3,(H,35,37)/t21?,22?,23?,24?,25-,30+,31-,32-,33?/m1/s1. The molecular formula is C33H54N2O3. The molecule has 0 radical (unpaired) electrons. The van der Waals surface area contributed by atoms with E-state index in [1.54, 1.807) is 0 Å². The van der Waals surface area contributed by atoms with Crippen molar-refractivity contribution in [1.29, 1.82) is 5.26 Å². The predicted octanol–water partition coefficient (Wildman–Crippen LogP) is 6.49. The van der Waals surface area contributed by atoms with Crippen molar-refractivity contribution in [2.45, 2.75) is 125 Å². The summed E-state index contributed by atoms with van der Waals surface area (Å²) in [6.07, 6.45) is 9.16. The van der Waals surface area contributed by atoms with E-state index in [1.165, 1.54) is 25.7 Å². The fraction of sp³-hybridized carbons (Fsp3) is 0.939. The molecule has 5 rings (SSSR count). The largest absolute Gasteiger partial charge is 0.394 e. The van der Waals surface area contributed by atoms with Gasteiger partial charge in [0.1, 0.15) is 0 Å². The molecule has 1 saturated heterocycles. The maximum absolute atomic E-state index is 13.7. The first-order chi connectivity index (χ1) is 17.4. The topological polar surface area (TPSA) is 82.3 Å². The Morgan fingerprint density at radius 3 is 2.32 bits per heavy atom. The zero-order valence-corrected chi connectivity index (χ0v) is 25.7. The Morgan fingerprint density at radius 1 is 1.03 bits per heavy atom. The van der Waals surface area contributed by atoms with Gasteiger partial charge in [0.05, 0.1) is 30.9 Å². The minimum atomic E-state index is -0.663. The van der Waals surface area contributed by atoms with Gasteiger partial charge in [0.15, 0.2) is 0 Å². The fourth-order valence-corrected chi connectivity index (χ4v) is 11.8. The predicted molar refractivity (Wildman–Crippen MR) is 150 cm³/mol. The second kappa shape index (κ2) is 8.45. The van der Waals surface area contributed by atoms with E-state index >= 15 is 0 Å². The van der Waals surface area contributed by atoms with Gasteiger partial charge in [0, 0.05) is 11.8 Å². The number of nitrogens with zero attached hydrogens (tertiary/aromatic N) is 1. The van der Waals surface area contributed by atoms with Gasteiger partial charge in [-0.1, -0.05) is 48.5 Å². The lowest BCUT2D eigenvalue weighted by molar-refractivity contribution is -0.221. The number of carbonyl (C=O) groups excluding carboxylic acids is 1. The normalized spacial score (nSPS) is 47.4. The lowest BCUT2D eigenvalue weighted by atomic mass is 9.33. The molecule has 0 spiro atoms. The van der Waals surface area contributed by atoms with Gasteiger partial charge >= 0.3 is 0 Å². The molecule has 0 aromatic heterocycles. The molecule has 5 fully saturated rings. The van der Waals surface area contributed by atoms with Crippen LogP contribution in [-0.4, -0.2) is 35.9 Å². The van der Waals surface area contributed by atoms with Crippen LogP contribution in [0.3, 0.4) is 0 Å². The van der Waals surface area contributed by atoms with Crippen LogP contribution in [0.1, 0.15) is 114 Å². The number of hydrogen-bond donors (Lipinski definition) is 2. The Balaban J connectivity index is 1.50. The average molecular weight is 527 g/mol. The first kappa shape index (κ1) is 28.4. The molecule has 9 atom stereocenters. The average Bonchev–Trinajstić information content (AvgIpc) is 3.29. The smallest absolute Gasteiger partial charge is 0.226 e. The summed E-state index contributed by atoms with van der Waals surface area (Å²) in [5.74, 6) is 1.86. The Kier molecular flexibility index (Phi) is 6.32. The van der Waals surface area contributed by atoms with Gasteiger partial charge in [0.25, 0.3) is 0 Å². The maximum atomic E-state index is 13.7. The van der Waals surface area contributed by atoms with Gasteiger partial charge < -0.3 is 15.2 Å². The molecule has 5 nitrogen and oxygen atoms in total. The van der Waals surface area contributed by atoms with Gasteiger partial charge in [0.2, 0.25) is 5.91 Å². The van der Waals surface area contributed by atoms with Crippen LogP contribution >= 0.6 is 0 Å².